The molecule has 1 aliphatic carbocycles. The molecule has 0 bridgehead atoms. The van der Waals surface area contributed by atoms with Gasteiger partial charge in [0.2, 0.25) is 0 Å². The van der Waals surface area contributed by atoms with E-state index in [1.54, 1.807) is 29.8 Å². The van der Waals surface area contributed by atoms with E-state index < -0.39 is 0 Å². The first-order valence-corrected chi connectivity index (χ1v) is 9.18. The minimum Gasteiger partial charge on any atom is -0.465 e. The first-order chi connectivity index (χ1) is 12.2. The number of thiophene rings is 1. The highest BCUT2D eigenvalue weighted by atomic mass is 32.1. The summed E-state index contributed by atoms with van der Waals surface area (Å²) in [5, 5.41) is 4.48. The fraction of sp³-hybridized carbons (Fsp3) is 0.316. The lowest BCUT2D eigenvalue weighted by Gasteiger charge is -2.18. The second kappa shape index (κ2) is 6.44. The van der Waals surface area contributed by atoms with E-state index in [0.29, 0.717) is 5.56 Å². The first-order valence-electron chi connectivity index (χ1n) is 8.36. The molecule has 128 valence electrons. The number of carbonyl (C=O) groups excluding carboxylic acids is 1. The average Bonchev–Trinajstić information content (AvgIpc) is 2.99. The maximum atomic E-state index is 11.7. The summed E-state index contributed by atoms with van der Waals surface area (Å²) in [5.74, 6) is 1.18. The predicted octanol–water partition coefficient (Wildman–Crippen LogP) is 4.35. The van der Waals surface area contributed by atoms with E-state index in [9.17, 15) is 4.79 Å². The Bertz CT molecular complexity index is 951. The molecule has 0 amide bonds. The van der Waals surface area contributed by atoms with Gasteiger partial charge in [-0.05, 0) is 48.9 Å². The number of aromatic nitrogens is 2. The van der Waals surface area contributed by atoms with E-state index in [-0.39, 0.29) is 5.97 Å². The van der Waals surface area contributed by atoms with Crippen LogP contribution in [0.15, 0.2) is 30.6 Å². The molecule has 6 heteroatoms. The molecule has 0 saturated carbocycles. The zero-order chi connectivity index (χ0) is 17.4. The number of hydrogen-bond donors (Lipinski definition) is 1. The van der Waals surface area contributed by atoms with E-state index in [4.69, 9.17) is 4.74 Å². The highest BCUT2D eigenvalue weighted by molar-refractivity contribution is 7.19. The number of nitrogens with zero attached hydrogens (tertiary/aromatic N) is 2. The maximum Gasteiger partial charge on any atom is 0.337 e. The second-order valence-corrected chi connectivity index (χ2v) is 7.54. The zero-order valence-corrected chi connectivity index (χ0v) is 15.0. The van der Waals surface area contributed by atoms with Gasteiger partial charge in [-0.15, -0.1) is 11.3 Å². The fourth-order valence-electron chi connectivity index (χ4n) is 3.35. The molecule has 0 spiro atoms. The van der Waals surface area contributed by atoms with Crippen LogP contribution in [-0.4, -0.2) is 23.0 Å². The molecule has 25 heavy (non-hydrogen) atoms. The van der Waals surface area contributed by atoms with Crippen molar-refractivity contribution in [1.29, 1.82) is 0 Å². The molecule has 0 aliphatic heterocycles. The number of nitrogens with one attached hydrogen (secondary N) is 1. The van der Waals surface area contributed by atoms with Gasteiger partial charge in [0.1, 0.15) is 17.0 Å². The number of esters is 1. The third-order valence-corrected chi connectivity index (χ3v) is 5.80. The third kappa shape index (κ3) is 2.98. The van der Waals surface area contributed by atoms with E-state index in [2.05, 4.69) is 22.2 Å². The van der Waals surface area contributed by atoms with Crippen LogP contribution in [0, 0.1) is 5.92 Å². The molecule has 2 heterocycles. The normalized spacial score (nSPS) is 16.5. The van der Waals surface area contributed by atoms with Crippen molar-refractivity contribution in [2.45, 2.75) is 26.2 Å². The van der Waals surface area contributed by atoms with Gasteiger partial charge in [0.05, 0.1) is 18.1 Å². The molecule has 0 unspecified atom stereocenters. The van der Waals surface area contributed by atoms with Gasteiger partial charge in [0, 0.05) is 10.6 Å². The molecule has 2 aromatic heterocycles. The van der Waals surface area contributed by atoms with Gasteiger partial charge in [-0.3, -0.25) is 0 Å². The van der Waals surface area contributed by atoms with Gasteiger partial charge in [0.25, 0.3) is 0 Å². The van der Waals surface area contributed by atoms with Gasteiger partial charge in [-0.25, -0.2) is 14.8 Å². The van der Waals surface area contributed by atoms with Crippen molar-refractivity contribution < 1.29 is 9.53 Å². The van der Waals surface area contributed by atoms with E-state index in [0.717, 1.165) is 40.5 Å². The van der Waals surface area contributed by atoms with Crippen molar-refractivity contribution in [3.63, 3.8) is 0 Å². The molecule has 0 radical (unpaired) electrons. The number of benzene rings is 1. The molecule has 5 nitrogen and oxygen atoms in total. The largest absolute Gasteiger partial charge is 0.465 e. The van der Waals surface area contributed by atoms with Crippen LogP contribution in [0.25, 0.3) is 10.2 Å². The maximum absolute atomic E-state index is 11.7. The molecule has 3 aromatic rings. The third-order valence-electron chi connectivity index (χ3n) is 4.64. The lowest BCUT2D eigenvalue weighted by Crippen LogP contribution is -2.09. The van der Waals surface area contributed by atoms with Crippen molar-refractivity contribution >= 4 is 39.0 Å². The molecule has 1 N–H and O–H groups in total. The number of methoxy groups -OCH3 is 1. The summed E-state index contributed by atoms with van der Waals surface area (Å²) in [6.07, 6.45) is 4.99. The Morgan fingerprint density at radius 2 is 2.24 bits per heavy atom. The topological polar surface area (TPSA) is 64.1 Å². The fourth-order valence-corrected chi connectivity index (χ4v) is 4.70. The smallest absolute Gasteiger partial charge is 0.337 e. The van der Waals surface area contributed by atoms with E-state index in [1.165, 1.54) is 24.0 Å². The average molecular weight is 353 g/mol. The monoisotopic (exact) mass is 353 g/mol. The number of aryl methyl sites for hydroxylation is 1. The van der Waals surface area contributed by atoms with Gasteiger partial charge >= 0.3 is 5.97 Å². The quantitative estimate of drug-likeness (QED) is 0.709. The number of rotatable bonds is 3. The van der Waals surface area contributed by atoms with Crippen LogP contribution < -0.4 is 5.32 Å². The standard InChI is InChI=1S/C19H19N3O2S/c1-11-6-7-14-15(8-11)25-18-16(14)17(20-10-21-18)22-13-5-3-4-12(9-13)19(23)24-2/h3-5,9-11H,6-8H2,1-2H3,(H,20,21,22)/t11-/m1/s1. The molecule has 1 atom stereocenters. The Morgan fingerprint density at radius 3 is 3.08 bits per heavy atom. The Hall–Kier alpha value is -2.47. The summed E-state index contributed by atoms with van der Waals surface area (Å²) in [6.45, 7) is 2.30. The van der Waals surface area contributed by atoms with Gasteiger partial charge in [0.15, 0.2) is 0 Å². The number of anilines is 2. The molecular formula is C19H19N3O2S. The summed E-state index contributed by atoms with van der Waals surface area (Å²) < 4.78 is 4.79. The summed E-state index contributed by atoms with van der Waals surface area (Å²) >= 11 is 1.77. The second-order valence-electron chi connectivity index (χ2n) is 6.45. The van der Waals surface area contributed by atoms with E-state index >= 15 is 0 Å². The van der Waals surface area contributed by atoms with Crippen LogP contribution >= 0.6 is 11.3 Å². The number of hydrogen-bond acceptors (Lipinski definition) is 6. The molecule has 0 saturated heterocycles. The highest BCUT2D eigenvalue weighted by Crippen LogP contribution is 2.40. The summed E-state index contributed by atoms with van der Waals surface area (Å²) in [5.41, 5.74) is 2.70. The van der Waals surface area contributed by atoms with Crippen molar-refractivity contribution in [2.75, 3.05) is 12.4 Å². The Labute approximate surface area is 150 Å². The van der Waals surface area contributed by atoms with Gasteiger partial charge in [-0.1, -0.05) is 13.0 Å². The van der Waals surface area contributed by atoms with Gasteiger partial charge < -0.3 is 10.1 Å². The number of carbonyl (C=O) groups is 1. The molecule has 0 fully saturated rings. The molecule has 1 aromatic carbocycles. The minimum atomic E-state index is -0.349. The Kier molecular flexibility index (Phi) is 4.13. The molecular weight excluding hydrogens is 334 g/mol. The van der Waals surface area contributed by atoms with Gasteiger partial charge in [-0.2, -0.15) is 0 Å². The Morgan fingerprint density at radius 1 is 1.36 bits per heavy atom. The Balaban J connectivity index is 1.74. The molecule has 1 aliphatic rings. The first kappa shape index (κ1) is 16.0. The van der Waals surface area contributed by atoms with Crippen LogP contribution in [0.5, 0.6) is 0 Å². The highest BCUT2D eigenvalue weighted by Gasteiger charge is 2.23. The van der Waals surface area contributed by atoms with E-state index in [1.807, 2.05) is 12.1 Å². The lowest BCUT2D eigenvalue weighted by atomic mass is 9.89. The minimum absolute atomic E-state index is 0.349. The molecule has 4 rings (SSSR count). The van der Waals surface area contributed by atoms with Crippen LogP contribution in [0.1, 0.15) is 34.1 Å². The predicted molar refractivity (Wildman–Crippen MR) is 99.7 cm³/mol. The van der Waals surface area contributed by atoms with Crippen molar-refractivity contribution in [1.82, 2.24) is 9.97 Å². The van der Waals surface area contributed by atoms with Crippen molar-refractivity contribution in [2.24, 2.45) is 5.92 Å². The number of ether oxygens (including phenoxy) is 1. The van der Waals surface area contributed by atoms with Crippen LogP contribution in [0.2, 0.25) is 0 Å². The summed E-state index contributed by atoms with van der Waals surface area (Å²) in [4.78, 5) is 23.1. The summed E-state index contributed by atoms with van der Waals surface area (Å²) in [6, 6.07) is 7.26. The zero-order valence-electron chi connectivity index (χ0n) is 14.2. The van der Waals surface area contributed by atoms with Crippen LogP contribution in [0.3, 0.4) is 0 Å². The van der Waals surface area contributed by atoms with Crippen LogP contribution in [-0.2, 0) is 17.6 Å². The summed E-state index contributed by atoms with van der Waals surface area (Å²) in [7, 11) is 1.38. The van der Waals surface area contributed by atoms with Crippen molar-refractivity contribution in [3.05, 3.63) is 46.6 Å². The lowest BCUT2D eigenvalue weighted by molar-refractivity contribution is 0.0601. The SMILES string of the molecule is COC(=O)c1cccc(Nc2ncnc3sc4c(c23)CC[C@@H](C)C4)c1. The number of fused-ring (bicyclic) bond motifs is 3. The van der Waals surface area contributed by atoms with Crippen LogP contribution in [0.4, 0.5) is 11.5 Å². The van der Waals surface area contributed by atoms with Crippen molar-refractivity contribution in [3.8, 4) is 0 Å².